The largest absolute Gasteiger partial charge is 0.416 e. The Labute approximate surface area is 171 Å². The number of hydrogen-bond acceptors (Lipinski definition) is 3. The minimum Gasteiger partial charge on any atom is -0.262 e. The fourth-order valence-corrected chi connectivity index (χ4v) is 4.43. The summed E-state index contributed by atoms with van der Waals surface area (Å²) in [6, 6.07) is 11.6. The Morgan fingerprint density at radius 3 is 2.27 bits per heavy atom. The van der Waals surface area contributed by atoms with Crippen LogP contribution in [0.1, 0.15) is 25.0 Å². The van der Waals surface area contributed by atoms with Gasteiger partial charge >= 0.3 is 6.18 Å². The van der Waals surface area contributed by atoms with Crippen LogP contribution in [0.3, 0.4) is 0 Å². The highest BCUT2D eigenvalue weighted by molar-refractivity contribution is 7.89. The van der Waals surface area contributed by atoms with Crippen molar-refractivity contribution in [1.82, 2.24) is 9.71 Å². The molecule has 0 aliphatic rings. The SMILES string of the molecule is CC(C)(NS(=O)(=O)c1cccc(C(F)(F)F)c1)c1cccc(-c2ccncc2F)c1. The van der Waals surface area contributed by atoms with E-state index in [9.17, 15) is 26.0 Å². The van der Waals surface area contributed by atoms with E-state index in [1.807, 2.05) is 0 Å². The molecule has 0 bridgehead atoms. The second kappa shape index (κ2) is 7.81. The Morgan fingerprint density at radius 2 is 1.60 bits per heavy atom. The molecule has 1 N–H and O–H groups in total. The number of pyridine rings is 1. The van der Waals surface area contributed by atoms with Gasteiger partial charge in [-0.25, -0.2) is 17.5 Å². The summed E-state index contributed by atoms with van der Waals surface area (Å²) in [5, 5.41) is 0. The van der Waals surface area contributed by atoms with Gasteiger partial charge in [0.15, 0.2) is 0 Å². The predicted octanol–water partition coefficient (Wildman–Crippen LogP) is 5.12. The molecule has 4 nitrogen and oxygen atoms in total. The van der Waals surface area contributed by atoms with Gasteiger partial charge in [0, 0.05) is 11.8 Å². The fourth-order valence-electron chi connectivity index (χ4n) is 2.98. The third-order valence-corrected chi connectivity index (χ3v) is 6.18. The van der Waals surface area contributed by atoms with Crippen molar-refractivity contribution in [2.75, 3.05) is 0 Å². The number of benzene rings is 2. The summed E-state index contributed by atoms with van der Waals surface area (Å²) in [6.45, 7) is 3.14. The number of nitrogens with one attached hydrogen (secondary N) is 1. The van der Waals surface area contributed by atoms with Crippen molar-refractivity contribution in [3.63, 3.8) is 0 Å². The molecule has 0 aliphatic carbocycles. The average molecular weight is 438 g/mol. The van der Waals surface area contributed by atoms with Gasteiger partial charge in [-0.15, -0.1) is 0 Å². The minimum absolute atomic E-state index is 0.295. The van der Waals surface area contributed by atoms with E-state index in [1.165, 1.54) is 12.3 Å². The first-order valence-electron chi connectivity index (χ1n) is 8.82. The van der Waals surface area contributed by atoms with Crippen molar-refractivity contribution >= 4 is 10.0 Å². The summed E-state index contributed by atoms with van der Waals surface area (Å²) < 4.78 is 80.9. The van der Waals surface area contributed by atoms with Crippen LogP contribution < -0.4 is 4.72 Å². The van der Waals surface area contributed by atoms with Crippen molar-refractivity contribution in [3.8, 4) is 11.1 Å². The van der Waals surface area contributed by atoms with E-state index in [1.54, 1.807) is 38.1 Å². The lowest BCUT2D eigenvalue weighted by Crippen LogP contribution is -2.41. The number of rotatable bonds is 5. The number of sulfonamides is 1. The summed E-state index contributed by atoms with van der Waals surface area (Å²) in [7, 11) is -4.27. The molecule has 0 fully saturated rings. The van der Waals surface area contributed by atoms with Crippen molar-refractivity contribution in [1.29, 1.82) is 0 Å². The van der Waals surface area contributed by atoms with E-state index >= 15 is 0 Å². The molecule has 1 aromatic heterocycles. The normalized spacial score (nSPS) is 12.7. The standard InChI is InChI=1S/C21H18F4N2O2S/c1-20(2,15-6-3-5-14(11-15)18-9-10-26-13-19(18)22)27-30(28,29)17-8-4-7-16(12-17)21(23,24)25/h3-13,27H,1-2H3. The zero-order valence-electron chi connectivity index (χ0n) is 16.0. The molecule has 1 heterocycles. The van der Waals surface area contributed by atoms with Crippen LogP contribution in [-0.4, -0.2) is 13.4 Å². The molecule has 0 unspecified atom stereocenters. The van der Waals surface area contributed by atoms with Crippen LogP contribution in [0, 0.1) is 5.82 Å². The van der Waals surface area contributed by atoms with Crippen molar-refractivity contribution in [3.05, 3.63) is 83.9 Å². The van der Waals surface area contributed by atoms with E-state index in [4.69, 9.17) is 0 Å². The first-order chi connectivity index (χ1) is 13.9. The number of aromatic nitrogens is 1. The second-order valence-corrected chi connectivity index (χ2v) is 8.87. The van der Waals surface area contributed by atoms with Crippen LogP contribution in [0.2, 0.25) is 0 Å². The van der Waals surface area contributed by atoms with Gasteiger partial charge in [-0.2, -0.15) is 13.2 Å². The lowest BCUT2D eigenvalue weighted by Gasteiger charge is -2.27. The Balaban J connectivity index is 1.95. The van der Waals surface area contributed by atoms with E-state index in [0.29, 0.717) is 22.8 Å². The van der Waals surface area contributed by atoms with Crippen LogP contribution in [0.4, 0.5) is 17.6 Å². The molecule has 3 aromatic rings. The maximum absolute atomic E-state index is 14.1. The molecular formula is C21H18F4N2O2S. The maximum Gasteiger partial charge on any atom is 0.416 e. The van der Waals surface area contributed by atoms with Gasteiger partial charge in [0.05, 0.1) is 22.2 Å². The highest BCUT2D eigenvalue weighted by Crippen LogP contribution is 2.32. The van der Waals surface area contributed by atoms with E-state index in [2.05, 4.69) is 9.71 Å². The van der Waals surface area contributed by atoms with E-state index in [-0.39, 0.29) is 0 Å². The minimum atomic E-state index is -4.66. The molecule has 158 valence electrons. The molecule has 9 heteroatoms. The van der Waals surface area contributed by atoms with Gasteiger partial charge in [-0.1, -0.05) is 24.3 Å². The molecule has 0 radical (unpaired) electrons. The lowest BCUT2D eigenvalue weighted by atomic mass is 9.92. The van der Waals surface area contributed by atoms with Crippen LogP contribution in [0.15, 0.2) is 71.9 Å². The van der Waals surface area contributed by atoms with Gasteiger partial charge in [-0.3, -0.25) is 4.98 Å². The number of halogens is 4. The van der Waals surface area contributed by atoms with Crippen molar-refractivity contribution < 1.29 is 26.0 Å². The van der Waals surface area contributed by atoms with Crippen LogP contribution >= 0.6 is 0 Å². The monoisotopic (exact) mass is 438 g/mol. The Hall–Kier alpha value is -2.78. The lowest BCUT2D eigenvalue weighted by molar-refractivity contribution is -0.137. The van der Waals surface area contributed by atoms with Crippen LogP contribution in [0.5, 0.6) is 0 Å². The molecule has 0 atom stereocenters. The third kappa shape index (κ3) is 4.68. The quantitative estimate of drug-likeness (QED) is 0.563. The number of hydrogen-bond donors (Lipinski definition) is 1. The van der Waals surface area contributed by atoms with Gasteiger partial charge in [0.25, 0.3) is 0 Å². The van der Waals surface area contributed by atoms with E-state index < -0.39 is 38.0 Å². The van der Waals surface area contributed by atoms with Crippen molar-refractivity contribution in [2.45, 2.75) is 30.5 Å². The number of nitrogens with zero attached hydrogens (tertiary/aromatic N) is 1. The maximum atomic E-state index is 14.1. The molecule has 0 saturated carbocycles. The summed E-state index contributed by atoms with van der Waals surface area (Å²) in [6.07, 6.45) is -2.15. The fraction of sp³-hybridized carbons (Fsp3) is 0.190. The summed E-state index contributed by atoms with van der Waals surface area (Å²) in [4.78, 5) is 3.20. The summed E-state index contributed by atoms with van der Waals surface area (Å²) in [5.74, 6) is -0.531. The van der Waals surface area contributed by atoms with Crippen LogP contribution in [0.25, 0.3) is 11.1 Å². The first kappa shape index (κ1) is 21.9. The van der Waals surface area contributed by atoms with E-state index in [0.717, 1.165) is 24.4 Å². The second-order valence-electron chi connectivity index (χ2n) is 7.19. The highest BCUT2D eigenvalue weighted by Gasteiger charge is 2.33. The molecule has 0 amide bonds. The first-order valence-corrected chi connectivity index (χ1v) is 10.3. The summed E-state index contributed by atoms with van der Waals surface area (Å²) in [5.41, 5.74) is -0.931. The van der Waals surface area contributed by atoms with Crippen LogP contribution in [-0.2, 0) is 21.7 Å². The smallest absolute Gasteiger partial charge is 0.262 e. The van der Waals surface area contributed by atoms with Crippen molar-refractivity contribution in [2.24, 2.45) is 0 Å². The predicted molar refractivity (Wildman–Crippen MR) is 104 cm³/mol. The van der Waals surface area contributed by atoms with Gasteiger partial charge in [0.2, 0.25) is 10.0 Å². The summed E-state index contributed by atoms with van der Waals surface area (Å²) >= 11 is 0. The third-order valence-electron chi connectivity index (χ3n) is 4.53. The topological polar surface area (TPSA) is 59.1 Å². The molecule has 0 spiro atoms. The zero-order chi connectivity index (χ0) is 22.2. The Kier molecular flexibility index (Phi) is 5.70. The van der Waals surface area contributed by atoms with Gasteiger partial charge < -0.3 is 0 Å². The van der Waals surface area contributed by atoms with Gasteiger partial charge in [-0.05, 0) is 55.3 Å². The molecule has 3 rings (SSSR count). The number of alkyl halides is 3. The Bertz CT molecular complexity index is 1180. The molecule has 30 heavy (non-hydrogen) atoms. The highest BCUT2D eigenvalue weighted by atomic mass is 32.2. The average Bonchev–Trinajstić information content (AvgIpc) is 2.67. The van der Waals surface area contributed by atoms with Gasteiger partial charge in [0.1, 0.15) is 5.82 Å². The molecular weight excluding hydrogens is 420 g/mol. The molecule has 0 aliphatic heterocycles. The zero-order valence-corrected chi connectivity index (χ0v) is 16.9. The molecule has 2 aromatic carbocycles. The Morgan fingerprint density at radius 1 is 0.933 bits per heavy atom. The molecule has 0 saturated heterocycles.